The molecule has 0 bridgehead atoms. The lowest BCUT2D eigenvalue weighted by Crippen LogP contribution is -2.58. The third kappa shape index (κ3) is 4.29. The number of rotatable bonds is 4. The van der Waals surface area contributed by atoms with Crippen LogP contribution in [0.25, 0.3) is 0 Å². The van der Waals surface area contributed by atoms with Crippen molar-refractivity contribution in [3.8, 4) is 0 Å². The topological polar surface area (TPSA) is 83.8 Å². The number of aliphatic hydroxyl groups is 2. The first-order chi connectivity index (χ1) is 17.0. The van der Waals surface area contributed by atoms with E-state index in [4.69, 9.17) is 4.74 Å². The molecule has 37 heavy (non-hydrogen) atoms. The van der Waals surface area contributed by atoms with E-state index < -0.39 is 11.7 Å². The summed E-state index contributed by atoms with van der Waals surface area (Å²) in [7, 11) is 0. The monoisotopic (exact) mass is 512 g/mol. The van der Waals surface area contributed by atoms with Gasteiger partial charge in [0.05, 0.1) is 11.7 Å². The maximum absolute atomic E-state index is 13.7. The van der Waals surface area contributed by atoms with Gasteiger partial charge in [0, 0.05) is 35.7 Å². The molecule has 0 spiro atoms. The molecule has 4 saturated carbocycles. The fraction of sp³-hybridized carbons (Fsp3) is 0.750. The molecule has 4 fully saturated rings. The zero-order valence-corrected chi connectivity index (χ0v) is 24.2. The van der Waals surface area contributed by atoms with E-state index in [2.05, 4.69) is 34.3 Å². The minimum Gasteiger partial charge on any atom is -0.462 e. The molecule has 0 aromatic carbocycles. The Bertz CT molecular complexity index is 1050. The number of aliphatic hydroxyl groups excluding tert-OH is 1. The molecule has 0 amide bonds. The van der Waals surface area contributed by atoms with Gasteiger partial charge in [-0.2, -0.15) is 0 Å². The van der Waals surface area contributed by atoms with E-state index in [1.165, 1.54) is 6.92 Å². The second kappa shape index (κ2) is 9.19. The zero-order valence-electron chi connectivity index (χ0n) is 24.2. The summed E-state index contributed by atoms with van der Waals surface area (Å²) in [5.74, 6) is 0.416. The standard InChI is InChI=1S/C32H48O5/c1-18(2)21-16-26(35)32(9,36)22(21)11-10-19(3)28-23(34)17-25-30(7)15-13-27(37-20(4)33)29(5,6)24(30)12-14-31(25,28)8/h10-11,21-22,24-27,35-36H,1,12-17H2,2-9H3/b11-10+,28-19+/t21-,22+,24+,25+,26+,27+,30+,31+,32-/m1/s1. The third-order valence-corrected chi connectivity index (χ3v) is 11.4. The zero-order chi connectivity index (χ0) is 27.7. The van der Waals surface area contributed by atoms with Gasteiger partial charge in [0.15, 0.2) is 5.78 Å². The molecule has 0 radical (unpaired) electrons. The first-order valence-electron chi connectivity index (χ1n) is 14.1. The lowest BCUT2D eigenvalue weighted by Gasteiger charge is -2.62. The Labute approximate surface area is 223 Å². The van der Waals surface area contributed by atoms with Crippen LogP contribution in [0.5, 0.6) is 0 Å². The number of hydrogen-bond donors (Lipinski definition) is 2. The highest BCUT2D eigenvalue weighted by molar-refractivity contribution is 6.00. The summed E-state index contributed by atoms with van der Waals surface area (Å²) < 4.78 is 5.78. The van der Waals surface area contributed by atoms with Crippen LogP contribution in [0.15, 0.2) is 35.5 Å². The third-order valence-electron chi connectivity index (χ3n) is 11.4. The predicted molar refractivity (Wildman–Crippen MR) is 146 cm³/mol. The van der Waals surface area contributed by atoms with Gasteiger partial charge in [-0.15, -0.1) is 0 Å². The molecule has 5 nitrogen and oxygen atoms in total. The maximum atomic E-state index is 13.7. The largest absolute Gasteiger partial charge is 0.462 e. The number of ether oxygens (including phenoxy) is 1. The van der Waals surface area contributed by atoms with Gasteiger partial charge < -0.3 is 14.9 Å². The van der Waals surface area contributed by atoms with Crippen molar-refractivity contribution < 1.29 is 24.5 Å². The Hall–Kier alpha value is -1.72. The van der Waals surface area contributed by atoms with E-state index in [0.717, 1.165) is 42.4 Å². The Kier molecular flexibility index (Phi) is 7.03. The van der Waals surface area contributed by atoms with Crippen LogP contribution in [0.4, 0.5) is 0 Å². The summed E-state index contributed by atoms with van der Waals surface area (Å²) in [6.45, 7) is 20.4. The molecule has 0 aliphatic heterocycles. The molecule has 0 saturated heterocycles. The summed E-state index contributed by atoms with van der Waals surface area (Å²) in [6.07, 6.45) is 7.93. The van der Waals surface area contributed by atoms with E-state index in [-0.39, 0.29) is 51.9 Å². The summed E-state index contributed by atoms with van der Waals surface area (Å²) in [4.78, 5) is 25.5. The van der Waals surface area contributed by atoms with Gasteiger partial charge in [0.1, 0.15) is 6.10 Å². The lowest BCUT2D eigenvalue weighted by atomic mass is 9.43. The molecular weight excluding hydrogens is 464 g/mol. The van der Waals surface area contributed by atoms with E-state index in [1.54, 1.807) is 6.92 Å². The van der Waals surface area contributed by atoms with Gasteiger partial charge in [0.2, 0.25) is 0 Å². The van der Waals surface area contributed by atoms with Crippen LogP contribution in [0, 0.1) is 39.9 Å². The Morgan fingerprint density at radius 3 is 2.30 bits per heavy atom. The molecule has 4 aliphatic carbocycles. The number of carbonyl (C=O) groups is 2. The molecular formula is C32H48O5. The van der Waals surface area contributed by atoms with Crippen LogP contribution >= 0.6 is 0 Å². The van der Waals surface area contributed by atoms with Gasteiger partial charge >= 0.3 is 5.97 Å². The number of esters is 1. The summed E-state index contributed by atoms with van der Waals surface area (Å²) >= 11 is 0. The fourth-order valence-corrected chi connectivity index (χ4v) is 9.40. The molecule has 0 unspecified atom stereocenters. The molecule has 4 aliphatic rings. The second-order valence-electron chi connectivity index (χ2n) is 14.0. The first kappa shape index (κ1) is 28.3. The molecule has 0 aromatic heterocycles. The van der Waals surface area contributed by atoms with Crippen LogP contribution < -0.4 is 0 Å². The second-order valence-corrected chi connectivity index (χ2v) is 14.0. The van der Waals surface area contributed by atoms with Gasteiger partial charge in [-0.3, -0.25) is 9.59 Å². The maximum Gasteiger partial charge on any atom is 0.302 e. The summed E-state index contributed by atoms with van der Waals surface area (Å²) in [5.41, 5.74) is 1.30. The van der Waals surface area contributed by atoms with Gasteiger partial charge in [0.25, 0.3) is 0 Å². The molecule has 0 heterocycles. The number of carbonyl (C=O) groups excluding carboxylic acids is 2. The van der Waals surface area contributed by atoms with Crippen molar-refractivity contribution in [1.82, 2.24) is 0 Å². The van der Waals surface area contributed by atoms with Crippen molar-refractivity contribution in [1.29, 1.82) is 0 Å². The molecule has 206 valence electrons. The molecule has 4 rings (SSSR count). The Morgan fingerprint density at radius 2 is 1.70 bits per heavy atom. The minimum absolute atomic E-state index is 0.00116. The van der Waals surface area contributed by atoms with Crippen LogP contribution in [-0.4, -0.2) is 39.8 Å². The SMILES string of the molecule is C=C(C)[C@H]1C[C@H](O)[C@](C)(O)[C@H]1/C=C/C(C)=C1\C(=O)C[C@H]2[C@@]3(C)CC[C@H](OC(C)=O)C(C)(C)[C@@H]3CC[C@]12C. The minimum atomic E-state index is -1.23. The predicted octanol–water partition coefficient (Wildman–Crippen LogP) is 5.95. The van der Waals surface area contributed by atoms with Crippen molar-refractivity contribution in [2.75, 3.05) is 0 Å². The molecule has 0 aromatic rings. The van der Waals surface area contributed by atoms with Gasteiger partial charge in [-0.25, -0.2) is 0 Å². The van der Waals surface area contributed by atoms with Crippen molar-refractivity contribution in [3.63, 3.8) is 0 Å². The smallest absolute Gasteiger partial charge is 0.302 e. The highest BCUT2D eigenvalue weighted by Gasteiger charge is 2.65. The van der Waals surface area contributed by atoms with Crippen LogP contribution in [0.1, 0.15) is 93.9 Å². The van der Waals surface area contributed by atoms with E-state index in [9.17, 15) is 19.8 Å². The number of ketones is 1. The van der Waals surface area contributed by atoms with Crippen LogP contribution in [-0.2, 0) is 14.3 Å². The van der Waals surface area contributed by atoms with Crippen molar-refractivity contribution in [2.45, 2.75) is 112 Å². The van der Waals surface area contributed by atoms with Crippen molar-refractivity contribution in [3.05, 3.63) is 35.5 Å². The molecule has 9 atom stereocenters. The normalized spacial score (nSPS) is 46.5. The number of hydrogen-bond acceptors (Lipinski definition) is 5. The highest BCUT2D eigenvalue weighted by atomic mass is 16.5. The van der Waals surface area contributed by atoms with Crippen molar-refractivity contribution >= 4 is 11.8 Å². The van der Waals surface area contributed by atoms with Gasteiger partial charge in [-0.05, 0) is 81.6 Å². The average Bonchev–Trinajstić information content (AvgIpc) is 3.18. The van der Waals surface area contributed by atoms with Crippen LogP contribution in [0.3, 0.4) is 0 Å². The number of allylic oxidation sites excluding steroid dienone is 4. The quantitative estimate of drug-likeness (QED) is 0.276. The average molecular weight is 513 g/mol. The number of Topliss-reactive ketones (excluding diaryl/α,β-unsaturated/α-hetero) is 1. The molecule has 5 heteroatoms. The summed E-state index contributed by atoms with van der Waals surface area (Å²) in [5, 5.41) is 21.5. The summed E-state index contributed by atoms with van der Waals surface area (Å²) in [6, 6.07) is 0. The first-order valence-corrected chi connectivity index (χ1v) is 14.1. The van der Waals surface area contributed by atoms with E-state index in [1.807, 2.05) is 26.0 Å². The fourth-order valence-electron chi connectivity index (χ4n) is 9.40. The van der Waals surface area contributed by atoms with E-state index >= 15 is 0 Å². The molecule has 2 N–H and O–H groups in total. The Morgan fingerprint density at radius 1 is 1.05 bits per heavy atom. The van der Waals surface area contributed by atoms with Crippen molar-refractivity contribution in [2.24, 2.45) is 39.9 Å². The Balaban J connectivity index is 1.67. The number of fused-ring (bicyclic) bond motifs is 3. The van der Waals surface area contributed by atoms with Crippen LogP contribution in [0.2, 0.25) is 0 Å². The van der Waals surface area contributed by atoms with E-state index in [0.29, 0.717) is 18.8 Å². The van der Waals surface area contributed by atoms with Gasteiger partial charge in [-0.1, -0.05) is 52.0 Å². The lowest BCUT2D eigenvalue weighted by molar-refractivity contribution is -0.185. The highest BCUT2D eigenvalue weighted by Crippen LogP contribution is 2.69.